The van der Waals surface area contributed by atoms with Gasteiger partial charge in [-0.05, 0) is 24.1 Å². The highest BCUT2D eigenvalue weighted by Crippen LogP contribution is 2.21. The first kappa shape index (κ1) is 19.3. The third-order valence-corrected chi connectivity index (χ3v) is 2.88. The molecule has 0 unspecified atom stereocenters. The van der Waals surface area contributed by atoms with Crippen molar-refractivity contribution < 1.29 is 27.4 Å². The number of halogens is 3. The molecule has 0 spiro atoms. The maximum atomic E-state index is 12.7. The predicted octanol–water partition coefficient (Wildman–Crippen LogP) is 3.37. The Labute approximate surface area is 134 Å². The van der Waals surface area contributed by atoms with Gasteiger partial charge in [0.2, 0.25) is 0 Å². The largest absolute Gasteiger partial charge is 0.491 e. The van der Waals surface area contributed by atoms with Gasteiger partial charge >= 0.3 is 6.18 Å². The van der Waals surface area contributed by atoms with Gasteiger partial charge in [-0.15, -0.1) is 0 Å². The monoisotopic (exact) mass is 333 g/mol. The Morgan fingerprint density at radius 3 is 2.52 bits per heavy atom. The zero-order chi connectivity index (χ0) is 17.5. The van der Waals surface area contributed by atoms with Gasteiger partial charge < -0.3 is 14.4 Å². The molecule has 1 aromatic rings. The first-order chi connectivity index (χ1) is 10.7. The van der Waals surface area contributed by atoms with E-state index >= 15 is 0 Å². The van der Waals surface area contributed by atoms with Crippen LogP contribution in [0.25, 0.3) is 0 Å². The highest BCUT2D eigenvalue weighted by atomic mass is 19.4. The number of ether oxygens (including phenoxy) is 2. The second kappa shape index (κ2) is 8.76. The Hall–Kier alpha value is -1.76. The minimum absolute atomic E-state index is 0.0348. The molecule has 0 aromatic heterocycles. The van der Waals surface area contributed by atoms with Crippen LogP contribution in [-0.2, 0) is 4.74 Å². The van der Waals surface area contributed by atoms with E-state index < -0.39 is 18.6 Å². The summed E-state index contributed by atoms with van der Waals surface area (Å²) in [7, 11) is 1.53. The molecule has 4 nitrogen and oxygen atoms in total. The predicted molar refractivity (Wildman–Crippen MR) is 80.6 cm³/mol. The summed E-state index contributed by atoms with van der Waals surface area (Å²) >= 11 is 0. The Bertz CT molecular complexity index is 504. The standard InChI is InChI=1S/C16H22F3NO3/c1-12(2)10-20(11-16(17,18)19)15(21)13-5-4-6-14(9-13)23-8-7-22-3/h4-6,9,12H,7-8,10-11H2,1-3H3. The van der Waals surface area contributed by atoms with E-state index in [0.29, 0.717) is 19.0 Å². The number of methoxy groups -OCH3 is 1. The van der Waals surface area contributed by atoms with Crippen molar-refractivity contribution in [2.24, 2.45) is 5.92 Å². The smallest absolute Gasteiger partial charge is 0.406 e. The van der Waals surface area contributed by atoms with Crippen LogP contribution in [0.1, 0.15) is 24.2 Å². The number of rotatable bonds is 8. The minimum atomic E-state index is -4.43. The Balaban J connectivity index is 2.87. The molecule has 0 aliphatic rings. The summed E-state index contributed by atoms with van der Waals surface area (Å²) in [6, 6.07) is 6.15. The average Bonchev–Trinajstić information content (AvgIpc) is 2.44. The Morgan fingerprint density at radius 2 is 1.96 bits per heavy atom. The maximum absolute atomic E-state index is 12.7. The summed E-state index contributed by atoms with van der Waals surface area (Å²) in [6.45, 7) is 2.98. The third kappa shape index (κ3) is 7.36. The van der Waals surface area contributed by atoms with Gasteiger partial charge in [-0.1, -0.05) is 19.9 Å². The Morgan fingerprint density at radius 1 is 1.26 bits per heavy atom. The summed E-state index contributed by atoms with van der Waals surface area (Å²) < 4.78 is 48.3. The molecular weight excluding hydrogens is 311 g/mol. The van der Waals surface area contributed by atoms with Crippen LogP contribution in [0.5, 0.6) is 5.75 Å². The quantitative estimate of drug-likeness (QED) is 0.685. The summed E-state index contributed by atoms with van der Waals surface area (Å²) in [5.41, 5.74) is 0.171. The highest BCUT2D eigenvalue weighted by Gasteiger charge is 2.33. The lowest BCUT2D eigenvalue weighted by Gasteiger charge is -2.26. The number of hydrogen-bond donors (Lipinski definition) is 0. The molecule has 0 radical (unpaired) electrons. The molecule has 0 atom stereocenters. The van der Waals surface area contributed by atoms with Crippen LogP contribution < -0.4 is 4.74 Å². The van der Waals surface area contributed by atoms with Gasteiger partial charge in [-0.25, -0.2) is 0 Å². The average molecular weight is 333 g/mol. The molecule has 0 aliphatic heterocycles. The number of hydrogen-bond acceptors (Lipinski definition) is 3. The van der Waals surface area contributed by atoms with Crippen LogP contribution in [0.2, 0.25) is 0 Å². The highest BCUT2D eigenvalue weighted by molar-refractivity contribution is 5.94. The maximum Gasteiger partial charge on any atom is 0.406 e. The SMILES string of the molecule is COCCOc1cccc(C(=O)N(CC(C)C)CC(F)(F)F)c1. The van der Waals surface area contributed by atoms with Crippen LogP contribution in [0.3, 0.4) is 0 Å². The molecule has 0 fully saturated rings. The molecule has 0 saturated heterocycles. The van der Waals surface area contributed by atoms with Crippen molar-refractivity contribution >= 4 is 5.91 Å². The van der Waals surface area contributed by atoms with Crippen molar-refractivity contribution in [3.63, 3.8) is 0 Å². The van der Waals surface area contributed by atoms with Gasteiger partial charge in [0.25, 0.3) is 5.91 Å². The number of benzene rings is 1. The van der Waals surface area contributed by atoms with Gasteiger partial charge in [-0.2, -0.15) is 13.2 Å². The van der Waals surface area contributed by atoms with E-state index in [1.807, 2.05) is 0 Å². The molecule has 1 aromatic carbocycles. The molecule has 0 heterocycles. The van der Waals surface area contributed by atoms with Crippen molar-refractivity contribution in [3.8, 4) is 5.75 Å². The summed E-state index contributed by atoms with van der Waals surface area (Å²) in [4.78, 5) is 13.2. The summed E-state index contributed by atoms with van der Waals surface area (Å²) in [6.07, 6.45) is -4.43. The van der Waals surface area contributed by atoms with Crippen molar-refractivity contribution in [2.45, 2.75) is 20.0 Å². The van der Waals surface area contributed by atoms with Crippen LogP contribution in [0, 0.1) is 5.92 Å². The van der Waals surface area contributed by atoms with Crippen molar-refractivity contribution in [3.05, 3.63) is 29.8 Å². The van der Waals surface area contributed by atoms with Crippen molar-refractivity contribution in [1.29, 1.82) is 0 Å². The fourth-order valence-electron chi connectivity index (χ4n) is 2.02. The first-order valence-electron chi connectivity index (χ1n) is 7.30. The number of carbonyl (C=O) groups is 1. The van der Waals surface area contributed by atoms with E-state index in [2.05, 4.69) is 0 Å². The lowest BCUT2D eigenvalue weighted by Crippen LogP contribution is -2.41. The first-order valence-corrected chi connectivity index (χ1v) is 7.30. The lowest BCUT2D eigenvalue weighted by molar-refractivity contribution is -0.141. The molecule has 0 aliphatic carbocycles. The van der Waals surface area contributed by atoms with Crippen LogP contribution in [0.15, 0.2) is 24.3 Å². The van der Waals surface area contributed by atoms with Crippen molar-refractivity contribution in [2.75, 3.05) is 33.4 Å². The zero-order valence-corrected chi connectivity index (χ0v) is 13.5. The minimum Gasteiger partial charge on any atom is -0.491 e. The molecule has 7 heteroatoms. The lowest BCUT2D eigenvalue weighted by atomic mass is 10.1. The van der Waals surface area contributed by atoms with E-state index in [9.17, 15) is 18.0 Å². The van der Waals surface area contributed by atoms with Crippen LogP contribution in [0.4, 0.5) is 13.2 Å². The fraction of sp³-hybridized carbons (Fsp3) is 0.562. The van der Waals surface area contributed by atoms with Crippen LogP contribution in [-0.4, -0.2) is 50.4 Å². The van der Waals surface area contributed by atoms with E-state index in [4.69, 9.17) is 9.47 Å². The van der Waals surface area contributed by atoms with Crippen LogP contribution >= 0.6 is 0 Å². The molecule has 1 rings (SSSR count). The number of nitrogens with zero attached hydrogens (tertiary/aromatic N) is 1. The van der Waals surface area contributed by atoms with E-state index in [1.54, 1.807) is 26.0 Å². The van der Waals surface area contributed by atoms with Gasteiger partial charge in [0.1, 0.15) is 18.9 Å². The van der Waals surface area contributed by atoms with Gasteiger partial charge in [0.05, 0.1) is 6.61 Å². The molecule has 0 N–H and O–H groups in total. The normalized spacial score (nSPS) is 11.6. The molecule has 23 heavy (non-hydrogen) atoms. The second-order valence-electron chi connectivity index (χ2n) is 5.56. The number of alkyl halides is 3. The van der Waals surface area contributed by atoms with Gasteiger partial charge in [0.15, 0.2) is 0 Å². The number of carbonyl (C=O) groups excluding carboxylic acids is 1. The Kier molecular flexibility index (Phi) is 7.35. The van der Waals surface area contributed by atoms with Crippen molar-refractivity contribution in [1.82, 2.24) is 4.90 Å². The van der Waals surface area contributed by atoms with E-state index in [0.717, 1.165) is 4.90 Å². The summed E-state index contributed by atoms with van der Waals surface area (Å²) in [5, 5.41) is 0. The number of amides is 1. The molecule has 130 valence electrons. The summed E-state index contributed by atoms with van der Waals surface area (Å²) in [5.74, 6) is -0.306. The van der Waals surface area contributed by atoms with E-state index in [-0.39, 0.29) is 18.0 Å². The zero-order valence-electron chi connectivity index (χ0n) is 13.5. The molecular formula is C16H22F3NO3. The fourth-order valence-corrected chi connectivity index (χ4v) is 2.02. The van der Waals surface area contributed by atoms with E-state index in [1.165, 1.54) is 19.2 Å². The molecule has 0 bridgehead atoms. The van der Waals surface area contributed by atoms with Gasteiger partial charge in [0, 0.05) is 19.2 Å². The molecule has 1 amide bonds. The third-order valence-electron chi connectivity index (χ3n) is 2.88. The molecule has 0 saturated carbocycles. The van der Waals surface area contributed by atoms with Gasteiger partial charge in [-0.3, -0.25) is 4.79 Å². The second-order valence-corrected chi connectivity index (χ2v) is 5.56. The topological polar surface area (TPSA) is 38.8 Å².